The second kappa shape index (κ2) is 7.23. The smallest absolute Gasteiger partial charge is 0.227 e. The van der Waals surface area contributed by atoms with E-state index >= 15 is 0 Å². The number of thiazole rings is 1. The lowest BCUT2D eigenvalue weighted by atomic mass is 10.1. The summed E-state index contributed by atoms with van der Waals surface area (Å²) in [4.78, 5) is 21.3. The highest BCUT2D eigenvalue weighted by Crippen LogP contribution is 2.13. The minimum atomic E-state index is 0.236. The maximum absolute atomic E-state index is 12.4. The zero-order valence-corrected chi connectivity index (χ0v) is 14.6. The summed E-state index contributed by atoms with van der Waals surface area (Å²) in [7, 11) is 0. The fourth-order valence-electron chi connectivity index (χ4n) is 2.97. The third-order valence-electron chi connectivity index (χ3n) is 4.22. The predicted octanol–water partition coefficient (Wildman–Crippen LogP) is 2.65. The van der Waals surface area contributed by atoms with E-state index in [1.54, 1.807) is 11.3 Å². The Morgan fingerprint density at radius 3 is 2.65 bits per heavy atom. The Labute approximate surface area is 141 Å². The number of aryl methyl sites for hydroxylation is 2. The van der Waals surface area contributed by atoms with Crippen LogP contribution in [-0.2, 0) is 17.8 Å². The van der Waals surface area contributed by atoms with Crippen LogP contribution in [0.25, 0.3) is 0 Å². The number of carbonyl (C=O) groups is 1. The van der Waals surface area contributed by atoms with Crippen molar-refractivity contribution in [3.8, 4) is 0 Å². The van der Waals surface area contributed by atoms with Crippen LogP contribution in [0.1, 0.15) is 21.8 Å². The summed E-state index contributed by atoms with van der Waals surface area (Å²) < 4.78 is 0. The zero-order valence-electron chi connectivity index (χ0n) is 13.8. The standard InChI is InChI=1S/C18H23N3OS/c1-14-4-3-5-16(10-14)11-18(22)21-8-6-20(7-9-21)12-17-13-23-15(2)19-17/h3-5,10,13H,6-9,11-12H2,1-2H3. The normalized spacial score (nSPS) is 15.8. The van der Waals surface area contributed by atoms with Crippen LogP contribution in [0.2, 0.25) is 0 Å². The van der Waals surface area contributed by atoms with Crippen LogP contribution in [0.5, 0.6) is 0 Å². The molecule has 3 rings (SSSR count). The molecule has 0 unspecified atom stereocenters. The first-order valence-electron chi connectivity index (χ1n) is 8.07. The summed E-state index contributed by atoms with van der Waals surface area (Å²) in [5.74, 6) is 0.236. The number of nitrogens with zero attached hydrogens (tertiary/aromatic N) is 3. The predicted molar refractivity (Wildman–Crippen MR) is 93.6 cm³/mol. The Balaban J connectivity index is 1.49. The molecule has 23 heavy (non-hydrogen) atoms. The summed E-state index contributed by atoms with van der Waals surface area (Å²) in [6, 6.07) is 8.21. The molecule has 0 spiro atoms. The van der Waals surface area contributed by atoms with E-state index in [0.29, 0.717) is 6.42 Å². The summed E-state index contributed by atoms with van der Waals surface area (Å²) in [6.45, 7) is 8.47. The molecule has 2 heterocycles. The number of hydrogen-bond donors (Lipinski definition) is 0. The second-order valence-corrected chi connectivity index (χ2v) is 7.24. The Kier molecular flexibility index (Phi) is 5.08. The molecule has 122 valence electrons. The molecule has 1 aliphatic rings. The van der Waals surface area contributed by atoms with E-state index in [1.807, 2.05) is 24.0 Å². The molecule has 1 aliphatic heterocycles. The Morgan fingerprint density at radius 2 is 2.00 bits per heavy atom. The number of amides is 1. The number of hydrogen-bond acceptors (Lipinski definition) is 4. The van der Waals surface area contributed by atoms with E-state index in [9.17, 15) is 4.79 Å². The van der Waals surface area contributed by atoms with Gasteiger partial charge in [0.15, 0.2) is 0 Å². The molecule has 1 saturated heterocycles. The molecule has 1 amide bonds. The lowest BCUT2D eigenvalue weighted by Gasteiger charge is -2.34. The topological polar surface area (TPSA) is 36.4 Å². The van der Waals surface area contributed by atoms with Gasteiger partial charge in [-0.15, -0.1) is 11.3 Å². The van der Waals surface area contributed by atoms with Crippen molar-refractivity contribution in [2.45, 2.75) is 26.8 Å². The molecule has 2 aromatic rings. The van der Waals surface area contributed by atoms with Crippen LogP contribution in [0, 0.1) is 13.8 Å². The van der Waals surface area contributed by atoms with Gasteiger partial charge in [-0.2, -0.15) is 0 Å². The van der Waals surface area contributed by atoms with Crippen LogP contribution in [-0.4, -0.2) is 46.9 Å². The summed E-state index contributed by atoms with van der Waals surface area (Å²) in [6.07, 6.45) is 0.507. The quantitative estimate of drug-likeness (QED) is 0.865. The first kappa shape index (κ1) is 16.1. The Hall–Kier alpha value is -1.72. The van der Waals surface area contributed by atoms with E-state index in [4.69, 9.17) is 0 Å². The van der Waals surface area contributed by atoms with Gasteiger partial charge >= 0.3 is 0 Å². The highest BCUT2D eigenvalue weighted by Gasteiger charge is 2.21. The molecule has 5 heteroatoms. The van der Waals surface area contributed by atoms with Crippen LogP contribution in [0.15, 0.2) is 29.6 Å². The van der Waals surface area contributed by atoms with E-state index in [2.05, 4.69) is 34.3 Å². The maximum atomic E-state index is 12.4. The van der Waals surface area contributed by atoms with E-state index in [-0.39, 0.29) is 5.91 Å². The first-order chi connectivity index (χ1) is 11.1. The zero-order chi connectivity index (χ0) is 16.2. The average Bonchev–Trinajstić information content (AvgIpc) is 2.93. The van der Waals surface area contributed by atoms with Crippen LogP contribution in [0.4, 0.5) is 0 Å². The van der Waals surface area contributed by atoms with Gasteiger partial charge in [0.05, 0.1) is 17.1 Å². The molecule has 0 radical (unpaired) electrons. The van der Waals surface area contributed by atoms with Crippen molar-refractivity contribution in [1.82, 2.24) is 14.8 Å². The Bertz CT molecular complexity index is 674. The van der Waals surface area contributed by atoms with Gasteiger partial charge in [-0.25, -0.2) is 4.98 Å². The fraction of sp³-hybridized carbons (Fsp3) is 0.444. The molecule has 1 fully saturated rings. The number of aromatic nitrogens is 1. The maximum Gasteiger partial charge on any atom is 0.227 e. The first-order valence-corrected chi connectivity index (χ1v) is 8.95. The van der Waals surface area contributed by atoms with Gasteiger partial charge in [-0.3, -0.25) is 9.69 Å². The van der Waals surface area contributed by atoms with Crippen molar-refractivity contribution < 1.29 is 4.79 Å². The van der Waals surface area contributed by atoms with Gasteiger partial charge in [0.2, 0.25) is 5.91 Å². The minimum absolute atomic E-state index is 0.236. The third kappa shape index (κ3) is 4.39. The van der Waals surface area contributed by atoms with Crippen molar-refractivity contribution >= 4 is 17.2 Å². The summed E-state index contributed by atoms with van der Waals surface area (Å²) in [5, 5.41) is 3.25. The lowest BCUT2D eigenvalue weighted by Crippen LogP contribution is -2.48. The number of piperazine rings is 1. The van der Waals surface area contributed by atoms with Crippen molar-refractivity contribution in [2.24, 2.45) is 0 Å². The van der Waals surface area contributed by atoms with Crippen molar-refractivity contribution in [2.75, 3.05) is 26.2 Å². The molecular formula is C18H23N3OS. The van der Waals surface area contributed by atoms with Gasteiger partial charge in [0.1, 0.15) is 0 Å². The van der Waals surface area contributed by atoms with Gasteiger partial charge in [0.25, 0.3) is 0 Å². The molecule has 0 atom stereocenters. The highest BCUT2D eigenvalue weighted by molar-refractivity contribution is 7.09. The number of carbonyl (C=O) groups excluding carboxylic acids is 1. The number of rotatable bonds is 4. The summed E-state index contributed by atoms with van der Waals surface area (Å²) in [5.41, 5.74) is 3.46. The lowest BCUT2D eigenvalue weighted by molar-refractivity contribution is -0.132. The Morgan fingerprint density at radius 1 is 1.22 bits per heavy atom. The van der Waals surface area contributed by atoms with Gasteiger partial charge in [0, 0.05) is 38.1 Å². The SMILES string of the molecule is Cc1cccc(CC(=O)N2CCN(Cc3csc(C)n3)CC2)c1. The monoisotopic (exact) mass is 329 g/mol. The van der Waals surface area contributed by atoms with Gasteiger partial charge in [-0.1, -0.05) is 29.8 Å². The van der Waals surface area contributed by atoms with E-state index < -0.39 is 0 Å². The molecule has 1 aromatic carbocycles. The third-order valence-corrected chi connectivity index (χ3v) is 5.04. The van der Waals surface area contributed by atoms with Crippen LogP contribution in [0.3, 0.4) is 0 Å². The minimum Gasteiger partial charge on any atom is -0.340 e. The molecule has 1 aromatic heterocycles. The fourth-order valence-corrected chi connectivity index (χ4v) is 3.58. The molecule has 0 saturated carbocycles. The molecule has 0 bridgehead atoms. The largest absolute Gasteiger partial charge is 0.340 e. The summed E-state index contributed by atoms with van der Waals surface area (Å²) >= 11 is 1.70. The van der Waals surface area contributed by atoms with Gasteiger partial charge < -0.3 is 4.90 Å². The van der Waals surface area contributed by atoms with Crippen molar-refractivity contribution in [3.05, 3.63) is 51.5 Å². The molecule has 0 aliphatic carbocycles. The van der Waals surface area contributed by atoms with E-state index in [1.165, 1.54) is 5.56 Å². The molecule has 0 N–H and O–H groups in total. The molecular weight excluding hydrogens is 306 g/mol. The number of benzene rings is 1. The highest BCUT2D eigenvalue weighted by atomic mass is 32.1. The van der Waals surface area contributed by atoms with Crippen molar-refractivity contribution in [3.63, 3.8) is 0 Å². The van der Waals surface area contributed by atoms with Crippen LogP contribution < -0.4 is 0 Å². The second-order valence-electron chi connectivity index (χ2n) is 6.18. The average molecular weight is 329 g/mol. The molecule has 4 nitrogen and oxygen atoms in total. The van der Waals surface area contributed by atoms with Gasteiger partial charge in [-0.05, 0) is 19.4 Å². The van der Waals surface area contributed by atoms with Crippen LogP contribution >= 0.6 is 11.3 Å². The van der Waals surface area contributed by atoms with E-state index in [0.717, 1.165) is 49.0 Å². The van der Waals surface area contributed by atoms with Crippen molar-refractivity contribution in [1.29, 1.82) is 0 Å².